The molecule has 0 aliphatic rings. The molecule has 0 unspecified atom stereocenters. The van der Waals surface area contributed by atoms with Crippen molar-refractivity contribution in [2.24, 2.45) is 14.1 Å². The summed E-state index contributed by atoms with van der Waals surface area (Å²) in [5.41, 5.74) is 0.370. The zero-order valence-electron chi connectivity index (χ0n) is 12.2. The van der Waals surface area contributed by atoms with Gasteiger partial charge in [-0.1, -0.05) is 29.3 Å². The van der Waals surface area contributed by atoms with Crippen LogP contribution in [-0.4, -0.2) is 18.7 Å². The van der Waals surface area contributed by atoms with E-state index < -0.39 is 11.2 Å². The van der Waals surface area contributed by atoms with Gasteiger partial charge in [0.1, 0.15) is 0 Å². The number of rotatable bonds is 2. The van der Waals surface area contributed by atoms with E-state index in [1.54, 1.807) is 29.8 Å². The van der Waals surface area contributed by atoms with Crippen LogP contribution in [0.25, 0.3) is 11.2 Å². The fraction of sp³-hybridized carbons (Fsp3) is 0.214. The zero-order chi connectivity index (χ0) is 16.9. The topological polar surface area (TPSA) is 61.8 Å². The Hall–Kier alpha value is -1.76. The SMILES string of the molecule is Cn1c(=O)c2nc(Cl)n(Cc3ccc(Cl)c(Cl)c3)c2n(C)c1=O. The minimum atomic E-state index is -0.488. The van der Waals surface area contributed by atoms with Crippen molar-refractivity contribution < 1.29 is 0 Å². The lowest BCUT2D eigenvalue weighted by atomic mass is 10.2. The molecule has 2 heterocycles. The molecule has 120 valence electrons. The fourth-order valence-electron chi connectivity index (χ4n) is 2.42. The molecule has 0 saturated heterocycles. The Kier molecular flexibility index (Phi) is 4.00. The second kappa shape index (κ2) is 5.70. The molecule has 0 spiro atoms. The number of halogens is 3. The Morgan fingerprint density at radius 3 is 2.39 bits per heavy atom. The van der Waals surface area contributed by atoms with Crippen molar-refractivity contribution in [1.29, 1.82) is 0 Å². The highest BCUT2D eigenvalue weighted by Crippen LogP contribution is 2.24. The number of imidazole rings is 1. The van der Waals surface area contributed by atoms with Crippen LogP contribution in [0.15, 0.2) is 27.8 Å². The summed E-state index contributed by atoms with van der Waals surface area (Å²) in [6, 6.07) is 5.16. The minimum Gasteiger partial charge on any atom is -0.296 e. The molecule has 23 heavy (non-hydrogen) atoms. The van der Waals surface area contributed by atoms with Crippen LogP contribution in [0.4, 0.5) is 0 Å². The highest BCUT2D eigenvalue weighted by atomic mass is 35.5. The van der Waals surface area contributed by atoms with Gasteiger partial charge in [-0.15, -0.1) is 0 Å². The van der Waals surface area contributed by atoms with Crippen LogP contribution in [0.5, 0.6) is 0 Å². The summed E-state index contributed by atoms with van der Waals surface area (Å²) in [6.07, 6.45) is 0. The first kappa shape index (κ1) is 16.1. The maximum Gasteiger partial charge on any atom is 0.332 e. The van der Waals surface area contributed by atoms with E-state index in [1.807, 2.05) is 0 Å². The number of hydrogen-bond donors (Lipinski definition) is 0. The minimum absolute atomic E-state index is 0.115. The Bertz CT molecular complexity index is 1050. The van der Waals surface area contributed by atoms with Gasteiger partial charge in [-0.3, -0.25) is 18.5 Å². The molecule has 3 rings (SSSR count). The lowest BCUT2D eigenvalue weighted by molar-refractivity contribution is 0.688. The second-order valence-electron chi connectivity index (χ2n) is 5.09. The third-order valence-electron chi connectivity index (χ3n) is 3.62. The van der Waals surface area contributed by atoms with Crippen molar-refractivity contribution in [1.82, 2.24) is 18.7 Å². The third kappa shape index (κ3) is 2.56. The summed E-state index contributed by atoms with van der Waals surface area (Å²) >= 11 is 18.1. The van der Waals surface area contributed by atoms with Crippen LogP contribution in [0.3, 0.4) is 0 Å². The van der Waals surface area contributed by atoms with Crippen molar-refractivity contribution in [3.63, 3.8) is 0 Å². The quantitative estimate of drug-likeness (QED) is 0.648. The van der Waals surface area contributed by atoms with E-state index in [2.05, 4.69) is 4.98 Å². The van der Waals surface area contributed by atoms with Crippen LogP contribution < -0.4 is 11.2 Å². The summed E-state index contributed by atoms with van der Waals surface area (Å²) < 4.78 is 3.92. The van der Waals surface area contributed by atoms with Gasteiger partial charge in [0.05, 0.1) is 16.6 Å². The average molecular weight is 374 g/mol. The molecule has 9 heteroatoms. The molecule has 0 N–H and O–H groups in total. The molecule has 1 aromatic carbocycles. The normalized spacial score (nSPS) is 11.3. The molecule has 0 atom stereocenters. The van der Waals surface area contributed by atoms with Crippen molar-refractivity contribution in [2.75, 3.05) is 0 Å². The standard InChI is InChI=1S/C14H11Cl3N4O2/c1-19-11-10(12(22)20(2)14(19)23)18-13(17)21(11)6-7-3-4-8(15)9(16)5-7/h3-5H,6H2,1-2H3. The molecule has 0 fully saturated rings. The smallest absolute Gasteiger partial charge is 0.296 e. The van der Waals surface area contributed by atoms with Crippen LogP contribution in [0, 0.1) is 0 Å². The van der Waals surface area contributed by atoms with Gasteiger partial charge >= 0.3 is 5.69 Å². The summed E-state index contributed by atoms with van der Waals surface area (Å²) in [4.78, 5) is 28.4. The third-order valence-corrected chi connectivity index (χ3v) is 4.65. The zero-order valence-corrected chi connectivity index (χ0v) is 14.4. The van der Waals surface area contributed by atoms with Crippen molar-refractivity contribution >= 4 is 46.0 Å². The van der Waals surface area contributed by atoms with Crippen LogP contribution >= 0.6 is 34.8 Å². The molecule has 0 amide bonds. The molecular weight excluding hydrogens is 363 g/mol. The number of benzene rings is 1. The molecule has 0 radical (unpaired) electrons. The molecule has 0 aliphatic heterocycles. The monoisotopic (exact) mass is 372 g/mol. The summed E-state index contributed by atoms with van der Waals surface area (Å²) in [7, 11) is 2.96. The van der Waals surface area contributed by atoms with Gasteiger partial charge in [0.2, 0.25) is 5.28 Å². The Morgan fingerprint density at radius 1 is 1.04 bits per heavy atom. The van der Waals surface area contributed by atoms with E-state index in [0.717, 1.165) is 10.1 Å². The maximum absolute atomic E-state index is 12.2. The van der Waals surface area contributed by atoms with Crippen LogP contribution in [0.2, 0.25) is 15.3 Å². The Morgan fingerprint density at radius 2 is 1.74 bits per heavy atom. The number of aryl methyl sites for hydroxylation is 1. The predicted octanol–water partition coefficient (Wildman–Crippen LogP) is 2.44. The lowest BCUT2D eigenvalue weighted by Crippen LogP contribution is -2.37. The fourth-order valence-corrected chi connectivity index (χ4v) is 2.97. The van der Waals surface area contributed by atoms with E-state index in [0.29, 0.717) is 22.2 Å². The predicted molar refractivity (Wildman–Crippen MR) is 90.8 cm³/mol. The molecule has 0 saturated carbocycles. The van der Waals surface area contributed by atoms with E-state index in [1.165, 1.54) is 11.6 Å². The molecule has 3 aromatic rings. The molecule has 0 bridgehead atoms. The Labute approximate surface area is 145 Å². The average Bonchev–Trinajstić information content (AvgIpc) is 2.84. The van der Waals surface area contributed by atoms with Gasteiger partial charge in [-0.2, -0.15) is 0 Å². The Balaban J connectivity index is 2.26. The largest absolute Gasteiger partial charge is 0.332 e. The molecule has 0 aliphatic carbocycles. The number of fused-ring (bicyclic) bond motifs is 1. The van der Waals surface area contributed by atoms with Gasteiger partial charge in [-0.25, -0.2) is 9.78 Å². The van der Waals surface area contributed by atoms with Crippen LogP contribution in [-0.2, 0) is 20.6 Å². The van der Waals surface area contributed by atoms with E-state index in [9.17, 15) is 9.59 Å². The van der Waals surface area contributed by atoms with Crippen molar-refractivity contribution in [3.05, 3.63) is 59.9 Å². The molecular formula is C14H11Cl3N4O2. The summed E-state index contributed by atoms with van der Waals surface area (Å²) in [5.74, 6) is 0. The number of nitrogens with zero attached hydrogens (tertiary/aromatic N) is 4. The summed E-state index contributed by atoms with van der Waals surface area (Å²) in [5, 5.41) is 0.970. The lowest BCUT2D eigenvalue weighted by Gasteiger charge is -2.10. The van der Waals surface area contributed by atoms with Gasteiger partial charge in [-0.05, 0) is 29.3 Å². The first-order valence-electron chi connectivity index (χ1n) is 6.57. The van der Waals surface area contributed by atoms with Gasteiger partial charge in [0.25, 0.3) is 5.56 Å². The molecule has 6 nitrogen and oxygen atoms in total. The van der Waals surface area contributed by atoms with Gasteiger partial charge in [0, 0.05) is 14.1 Å². The van der Waals surface area contributed by atoms with Gasteiger partial charge in [0.15, 0.2) is 11.2 Å². The van der Waals surface area contributed by atoms with Crippen molar-refractivity contribution in [2.45, 2.75) is 6.54 Å². The highest BCUT2D eigenvalue weighted by Gasteiger charge is 2.18. The highest BCUT2D eigenvalue weighted by molar-refractivity contribution is 6.42. The number of hydrogen-bond acceptors (Lipinski definition) is 3. The molecule has 2 aromatic heterocycles. The maximum atomic E-state index is 12.2. The summed E-state index contributed by atoms with van der Waals surface area (Å²) in [6.45, 7) is 0.298. The van der Waals surface area contributed by atoms with Gasteiger partial charge < -0.3 is 0 Å². The van der Waals surface area contributed by atoms with E-state index in [4.69, 9.17) is 34.8 Å². The number of aromatic nitrogens is 4. The van der Waals surface area contributed by atoms with Crippen LogP contribution in [0.1, 0.15) is 5.56 Å². The van der Waals surface area contributed by atoms with E-state index >= 15 is 0 Å². The first-order valence-corrected chi connectivity index (χ1v) is 7.70. The van der Waals surface area contributed by atoms with Crippen molar-refractivity contribution in [3.8, 4) is 0 Å². The van der Waals surface area contributed by atoms with E-state index in [-0.39, 0.29) is 10.8 Å². The second-order valence-corrected chi connectivity index (χ2v) is 6.25. The first-order chi connectivity index (χ1) is 10.8.